The van der Waals surface area contributed by atoms with Crippen molar-refractivity contribution in [3.05, 3.63) is 23.8 Å². The normalized spacial score (nSPS) is 21.5. The molecule has 0 aromatic carbocycles. The number of carbonyl (C=O) groups is 2. The van der Waals surface area contributed by atoms with Gasteiger partial charge in [-0.25, -0.2) is 0 Å². The lowest BCUT2D eigenvalue weighted by molar-refractivity contribution is -0.137. The van der Waals surface area contributed by atoms with E-state index in [4.69, 9.17) is 5.11 Å². The molecule has 124 valence electrons. The highest BCUT2D eigenvalue weighted by atomic mass is 16.4. The predicted octanol–water partition coefficient (Wildman–Crippen LogP) is 3.79. The van der Waals surface area contributed by atoms with Crippen molar-refractivity contribution in [2.24, 2.45) is 0 Å². The molecule has 0 saturated heterocycles. The number of aliphatic hydroxyl groups is 1. The van der Waals surface area contributed by atoms with E-state index >= 15 is 0 Å². The minimum Gasteiger partial charge on any atom is -0.481 e. The van der Waals surface area contributed by atoms with Gasteiger partial charge in [-0.05, 0) is 31.3 Å². The minimum atomic E-state index is -1.28. The molecule has 0 aliphatic heterocycles. The number of aliphatic carboxylic acids is 1. The van der Waals surface area contributed by atoms with Crippen molar-refractivity contribution in [1.82, 2.24) is 0 Å². The Morgan fingerprint density at radius 3 is 2.59 bits per heavy atom. The monoisotopic (exact) mass is 308 g/mol. The van der Waals surface area contributed by atoms with Gasteiger partial charge in [0.25, 0.3) is 0 Å². The van der Waals surface area contributed by atoms with Crippen LogP contribution in [0.3, 0.4) is 0 Å². The van der Waals surface area contributed by atoms with Gasteiger partial charge in [0.05, 0.1) is 0 Å². The molecule has 2 N–H and O–H groups in total. The van der Waals surface area contributed by atoms with Gasteiger partial charge >= 0.3 is 5.97 Å². The lowest BCUT2D eigenvalue weighted by Crippen LogP contribution is -2.36. The summed E-state index contributed by atoms with van der Waals surface area (Å²) in [6.07, 6.45) is 13.0. The second-order valence-electron chi connectivity index (χ2n) is 5.96. The second-order valence-corrected chi connectivity index (χ2v) is 5.96. The van der Waals surface area contributed by atoms with E-state index in [0.29, 0.717) is 12.8 Å². The SMILES string of the molecule is CC/C=C\C[C@]1(O)C(=O)CC=C1CCCCCCCC(=O)O. The van der Waals surface area contributed by atoms with Gasteiger partial charge in [-0.15, -0.1) is 0 Å². The molecule has 0 heterocycles. The van der Waals surface area contributed by atoms with Gasteiger partial charge < -0.3 is 10.2 Å². The topological polar surface area (TPSA) is 74.6 Å². The van der Waals surface area contributed by atoms with Crippen LogP contribution in [0, 0.1) is 0 Å². The van der Waals surface area contributed by atoms with Crippen molar-refractivity contribution in [2.75, 3.05) is 0 Å². The fourth-order valence-corrected chi connectivity index (χ4v) is 2.83. The molecule has 22 heavy (non-hydrogen) atoms. The van der Waals surface area contributed by atoms with Crippen LogP contribution in [0.4, 0.5) is 0 Å². The van der Waals surface area contributed by atoms with Gasteiger partial charge in [0.1, 0.15) is 5.60 Å². The summed E-state index contributed by atoms with van der Waals surface area (Å²) in [4.78, 5) is 22.3. The van der Waals surface area contributed by atoms with Crippen molar-refractivity contribution >= 4 is 11.8 Å². The lowest BCUT2D eigenvalue weighted by Gasteiger charge is -2.23. The van der Waals surface area contributed by atoms with Crippen LogP contribution in [0.2, 0.25) is 0 Å². The first-order valence-corrected chi connectivity index (χ1v) is 8.32. The van der Waals surface area contributed by atoms with Gasteiger partial charge in [-0.2, -0.15) is 0 Å². The average Bonchev–Trinajstić information content (AvgIpc) is 2.74. The maximum Gasteiger partial charge on any atom is 0.303 e. The van der Waals surface area contributed by atoms with Gasteiger partial charge in [0, 0.05) is 19.3 Å². The van der Waals surface area contributed by atoms with E-state index in [1.54, 1.807) is 0 Å². The summed E-state index contributed by atoms with van der Waals surface area (Å²) in [5, 5.41) is 19.2. The number of rotatable bonds is 11. The molecule has 1 aliphatic carbocycles. The van der Waals surface area contributed by atoms with Gasteiger partial charge in [0.15, 0.2) is 5.78 Å². The fourth-order valence-electron chi connectivity index (χ4n) is 2.83. The number of carbonyl (C=O) groups excluding carboxylic acids is 1. The molecule has 4 heteroatoms. The fraction of sp³-hybridized carbons (Fsp3) is 0.667. The van der Waals surface area contributed by atoms with Crippen LogP contribution >= 0.6 is 0 Å². The summed E-state index contributed by atoms with van der Waals surface area (Å²) in [6, 6.07) is 0. The van der Waals surface area contributed by atoms with Crippen molar-refractivity contribution in [2.45, 2.75) is 76.7 Å². The van der Waals surface area contributed by atoms with Gasteiger partial charge in [-0.3, -0.25) is 9.59 Å². The molecule has 0 radical (unpaired) electrons. The quantitative estimate of drug-likeness (QED) is 0.450. The molecule has 1 atom stereocenters. The molecule has 4 nitrogen and oxygen atoms in total. The van der Waals surface area contributed by atoms with Crippen LogP contribution in [0.25, 0.3) is 0 Å². The molecule has 1 aliphatic rings. The van der Waals surface area contributed by atoms with Crippen molar-refractivity contribution in [3.63, 3.8) is 0 Å². The van der Waals surface area contributed by atoms with E-state index in [0.717, 1.165) is 50.5 Å². The number of unbranched alkanes of at least 4 members (excludes halogenated alkanes) is 4. The molecule has 0 amide bonds. The predicted molar refractivity (Wildman–Crippen MR) is 86.7 cm³/mol. The number of hydrogen-bond acceptors (Lipinski definition) is 3. The van der Waals surface area contributed by atoms with Crippen LogP contribution in [0.1, 0.15) is 71.1 Å². The van der Waals surface area contributed by atoms with E-state index in [9.17, 15) is 14.7 Å². The molecular formula is C18H28O4. The maximum atomic E-state index is 11.9. The smallest absolute Gasteiger partial charge is 0.303 e. The summed E-state index contributed by atoms with van der Waals surface area (Å²) in [6.45, 7) is 2.03. The molecule has 0 fully saturated rings. The Balaban J connectivity index is 2.30. The van der Waals surface area contributed by atoms with Crippen LogP contribution in [-0.4, -0.2) is 27.6 Å². The van der Waals surface area contributed by atoms with Crippen LogP contribution in [-0.2, 0) is 9.59 Å². The van der Waals surface area contributed by atoms with Gasteiger partial charge in [-0.1, -0.05) is 44.4 Å². The summed E-state index contributed by atoms with van der Waals surface area (Å²) in [7, 11) is 0. The minimum absolute atomic E-state index is 0.0929. The van der Waals surface area contributed by atoms with Crippen molar-refractivity contribution < 1.29 is 19.8 Å². The second kappa shape index (κ2) is 9.57. The average molecular weight is 308 g/mol. The molecular weight excluding hydrogens is 280 g/mol. The summed E-state index contributed by atoms with van der Waals surface area (Å²) >= 11 is 0. The zero-order valence-corrected chi connectivity index (χ0v) is 13.5. The number of hydrogen-bond donors (Lipinski definition) is 2. The van der Waals surface area contributed by atoms with Crippen LogP contribution in [0.15, 0.2) is 23.8 Å². The van der Waals surface area contributed by atoms with E-state index in [1.165, 1.54) is 0 Å². The first-order valence-electron chi connectivity index (χ1n) is 8.32. The maximum absolute atomic E-state index is 11.9. The number of Topliss-reactive ketones (excluding diaryl/α,β-unsaturated/α-hetero) is 1. The summed E-state index contributed by atoms with van der Waals surface area (Å²) < 4.78 is 0. The number of allylic oxidation sites excluding steroid dienone is 2. The van der Waals surface area contributed by atoms with E-state index in [2.05, 4.69) is 0 Å². The van der Waals surface area contributed by atoms with Crippen molar-refractivity contribution in [1.29, 1.82) is 0 Å². The Morgan fingerprint density at radius 1 is 1.23 bits per heavy atom. The van der Waals surface area contributed by atoms with E-state index in [-0.39, 0.29) is 12.2 Å². The Morgan fingerprint density at radius 2 is 1.91 bits per heavy atom. The Kier molecular flexibility index (Phi) is 8.10. The Bertz CT molecular complexity index is 436. The Hall–Kier alpha value is -1.42. The Labute approximate surface area is 132 Å². The highest BCUT2D eigenvalue weighted by Crippen LogP contribution is 2.34. The zero-order chi connectivity index (χ0) is 16.4. The molecule has 0 aromatic heterocycles. The molecule has 0 saturated carbocycles. The first-order chi connectivity index (χ1) is 10.5. The van der Waals surface area contributed by atoms with E-state index in [1.807, 2.05) is 25.2 Å². The van der Waals surface area contributed by atoms with Crippen LogP contribution in [0.5, 0.6) is 0 Å². The molecule has 0 spiro atoms. The third-order valence-electron chi connectivity index (χ3n) is 4.18. The highest BCUT2D eigenvalue weighted by Gasteiger charge is 2.41. The highest BCUT2D eigenvalue weighted by molar-refractivity contribution is 5.94. The van der Waals surface area contributed by atoms with E-state index < -0.39 is 11.6 Å². The number of ketones is 1. The third-order valence-corrected chi connectivity index (χ3v) is 4.18. The molecule has 1 rings (SSSR count). The lowest BCUT2D eigenvalue weighted by atomic mass is 9.87. The molecule has 0 unspecified atom stereocenters. The zero-order valence-electron chi connectivity index (χ0n) is 13.5. The first kappa shape index (κ1) is 18.6. The standard InChI is InChI=1S/C18H28O4/c1-2-3-9-14-18(22)15(12-13-16(18)19)10-7-5-4-6-8-11-17(20)21/h3,9,12,22H,2,4-8,10-11,13-14H2,1H3,(H,20,21)/b9-3-/t18-/m1/s1. The number of carboxylic acid groups (broad SMARTS) is 1. The summed E-state index contributed by atoms with van der Waals surface area (Å²) in [5.74, 6) is -0.829. The largest absolute Gasteiger partial charge is 0.481 e. The summed E-state index contributed by atoms with van der Waals surface area (Å²) in [5.41, 5.74) is -0.418. The van der Waals surface area contributed by atoms with Crippen LogP contribution < -0.4 is 0 Å². The van der Waals surface area contributed by atoms with Gasteiger partial charge in [0.2, 0.25) is 0 Å². The van der Waals surface area contributed by atoms with Crippen molar-refractivity contribution in [3.8, 4) is 0 Å². The molecule has 0 aromatic rings. The third kappa shape index (κ3) is 5.76. The molecule has 0 bridgehead atoms. The number of carboxylic acids is 1.